The highest BCUT2D eigenvalue weighted by molar-refractivity contribution is 7.89. The van der Waals surface area contributed by atoms with Crippen molar-refractivity contribution in [2.24, 2.45) is 5.92 Å². The summed E-state index contributed by atoms with van der Waals surface area (Å²) in [7, 11) is -3.42. The lowest BCUT2D eigenvalue weighted by Gasteiger charge is -2.30. The van der Waals surface area contributed by atoms with Gasteiger partial charge in [0.2, 0.25) is 10.0 Å². The molecule has 1 aliphatic heterocycles. The summed E-state index contributed by atoms with van der Waals surface area (Å²) in [5.74, 6) is 0.314. The number of benzene rings is 1. The second-order valence-corrected chi connectivity index (χ2v) is 7.15. The van der Waals surface area contributed by atoms with Gasteiger partial charge in [-0.15, -0.1) is 0 Å². The first-order chi connectivity index (χ1) is 8.90. The zero-order valence-electron chi connectivity index (χ0n) is 11.7. The Morgan fingerprint density at radius 3 is 2.68 bits per heavy atom. The Morgan fingerprint density at radius 1 is 1.32 bits per heavy atom. The van der Waals surface area contributed by atoms with Gasteiger partial charge in [0, 0.05) is 6.04 Å². The first-order valence-corrected chi connectivity index (χ1v) is 8.19. The summed E-state index contributed by atoms with van der Waals surface area (Å²) in [5, 5.41) is 3.27. The maximum Gasteiger partial charge on any atom is 0.241 e. The van der Waals surface area contributed by atoms with Crippen LogP contribution >= 0.6 is 0 Å². The molecular formula is C14H22N2O2S. The average Bonchev–Trinajstić information content (AvgIpc) is 2.31. The van der Waals surface area contributed by atoms with E-state index in [1.807, 2.05) is 26.0 Å². The van der Waals surface area contributed by atoms with E-state index in [4.69, 9.17) is 0 Å². The highest BCUT2D eigenvalue weighted by Gasteiger charge is 2.27. The van der Waals surface area contributed by atoms with Gasteiger partial charge in [-0.2, -0.15) is 0 Å². The largest absolute Gasteiger partial charge is 0.316 e. The standard InChI is InChI=1S/C14H22N2O2S/c1-10-4-5-14(11(2)8-10)19(17,18)16-13-6-7-15-9-12(13)3/h4-5,8,12-13,15-16H,6-7,9H2,1-3H3/t12-,13-/m1/s1. The molecule has 5 heteroatoms. The molecular weight excluding hydrogens is 260 g/mol. The second-order valence-electron chi connectivity index (χ2n) is 5.47. The minimum atomic E-state index is -3.42. The summed E-state index contributed by atoms with van der Waals surface area (Å²) in [6.07, 6.45) is 0.839. The van der Waals surface area contributed by atoms with Crippen LogP contribution in [0.1, 0.15) is 24.5 Å². The van der Waals surface area contributed by atoms with E-state index in [2.05, 4.69) is 17.0 Å². The fourth-order valence-corrected chi connectivity index (χ4v) is 4.16. The SMILES string of the molecule is Cc1ccc(S(=O)(=O)N[C@@H]2CCNC[C@H]2C)c(C)c1. The maximum atomic E-state index is 12.4. The average molecular weight is 282 g/mol. The van der Waals surface area contributed by atoms with Gasteiger partial charge in [-0.05, 0) is 50.9 Å². The van der Waals surface area contributed by atoms with E-state index in [0.717, 1.165) is 30.6 Å². The molecule has 0 amide bonds. The molecule has 1 fully saturated rings. The van der Waals surface area contributed by atoms with E-state index in [9.17, 15) is 8.42 Å². The Hall–Kier alpha value is -0.910. The summed E-state index contributed by atoms with van der Waals surface area (Å²) in [6, 6.07) is 5.46. The van der Waals surface area contributed by atoms with Crippen LogP contribution in [0.5, 0.6) is 0 Å². The van der Waals surface area contributed by atoms with Gasteiger partial charge in [0.1, 0.15) is 0 Å². The van der Waals surface area contributed by atoms with Crippen molar-refractivity contribution in [1.29, 1.82) is 0 Å². The molecule has 0 saturated carbocycles. The van der Waals surface area contributed by atoms with E-state index in [0.29, 0.717) is 10.8 Å². The predicted octanol–water partition coefficient (Wildman–Crippen LogP) is 1.58. The van der Waals surface area contributed by atoms with Crippen LogP contribution in [-0.4, -0.2) is 27.5 Å². The topological polar surface area (TPSA) is 58.2 Å². The molecule has 0 bridgehead atoms. The van der Waals surface area contributed by atoms with Crippen LogP contribution in [-0.2, 0) is 10.0 Å². The number of sulfonamides is 1. The fraction of sp³-hybridized carbons (Fsp3) is 0.571. The molecule has 19 heavy (non-hydrogen) atoms. The van der Waals surface area contributed by atoms with Gasteiger partial charge >= 0.3 is 0 Å². The Bertz CT molecular complexity index is 555. The van der Waals surface area contributed by atoms with Crippen molar-refractivity contribution in [2.75, 3.05) is 13.1 Å². The molecule has 0 unspecified atom stereocenters. The molecule has 0 radical (unpaired) electrons. The minimum Gasteiger partial charge on any atom is -0.316 e. The lowest BCUT2D eigenvalue weighted by Crippen LogP contribution is -2.48. The third-order valence-corrected chi connectivity index (χ3v) is 5.36. The van der Waals surface area contributed by atoms with Crippen molar-refractivity contribution in [1.82, 2.24) is 10.0 Å². The van der Waals surface area contributed by atoms with Crippen molar-refractivity contribution in [2.45, 2.75) is 38.1 Å². The molecule has 1 aromatic carbocycles. The third-order valence-electron chi connectivity index (χ3n) is 3.71. The van der Waals surface area contributed by atoms with Gasteiger partial charge in [0.05, 0.1) is 4.90 Å². The Labute approximate surface area is 115 Å². The molecule has 4 nitrogen and oxygen atoms in total. The van der Waals surface area contributed by atoms with E-state index in [1.54, 1.807) is 6.07 Å². The first kappa shape index (κ1) is 14.5. The van der Waals surface area contributed by atoms with Crippen LogP contribution in [0.4, 0.5) is 0 Å². The minimum absolute atomic E-state index is 0.0203. The quantitative estimate of drug-likeness (QED) is 0.885. The highest BCUT2D eigenvalue weighted by Crippen LogP contribution is 2.19. The maximum absolute atomic E-state index is 12.4. The number of nitrogens with one attached hydrogen (secondary N) is 2. The van der Waals surface area contributed by atoms with Crippen molar-refractivity contribution in [3.8, 4) is 0 Å². The lowest BCUT2D eigenvalue weighted by atomic mass is 9.97. The van der Waals surface area contributed by atoms with Gasteiger partial charge < -0.3 is 5.32 Å². The Kier molecular flexibility index (Phi) is 4.28. The molecule has 1 heterocycles. The van der Waals surface area contributed by atoms with Gasteiger partial charge in [0.15, 0.2) is 0 Å². The molecule has 1 aromatic rings. The predicted molar refractivity (Wildman–Crippen MR) is 76.7 cm³/mol. The molecule has 2 rings (SSSR count). The molecule has 1 saturated heterocycles. The summed E-state index contributed by atoms with van der Waals surface area (Å²) >= 11 is 0. The Balaban J connectivity index is 2.22. The van der Waals surface area contributed by atoms with Crippen LogP contribution in [0.15, 0.2) is 23.1 Å². The summed E-state index contributed by atoms with van der Waals surface area (Å²) in [6.45, 7) is 7.60. The van der Waals surface area contributed by atoms with Crippen LogP contribution in [0, 0.1) is 19.8 Å². The monoisotopic (exact) mass is 282 g/mol. The summed E-state index contributed by atoms with van der Waals surface area (Å²) in [4.78, 5) is 0.392. The summed E-state index contributed by atoms with van der Waals surface area (Å²) in [5.41, 5.74) is 1.88. The number of hydrogen-bond donors (Lipinski definition) is 2. The number of hydrogen-bond acceptors (Lipinski definition) is 3. The fourth-order valence-electron chi connectivity index (χ4n) is 2.55. The number of piperidine rings is 1. The molecule has 2 N–H and O–H groups in total. The second kappa shape index (κ2) is 5.61. The molecule has 0 aromatic heterocycles. The van der Waals surface area contributed by atoms with Crippen LogP contribution in [0.25, 0.3) is 0 Å². The van der Waals surface area contributed by atoms with Crippen molar-refractivity contribution < 1.29 is 8.42 Å². The van der Waals surface area contributed by atoms with Gasteiger partial charge in [-0.1, -0.05) is 24.6 Å². The lowest BCUT2D eigenvalue weighted by molar-refractivity contribution is 0.328. The van der Waals surface area contributed by atoms with Crippen LogP contribution in [0.3, 0.4) is 0 Å². The van der Waals surface area contributed by atoms with E-state index < -0.39 is 10.0 Å². The normalized spacial score (nSPS) is 24.4. The molecule has 1 aliphatic rings. The summed E-state index contributed by atoms with van der Waals surface area (Å²) < 4.78 is 27.7. The molecule has 0 aliphatic carbocycles. The van der Waals surface area contributed by atoms with Crippen molar-refractivity contribution in [3.63, 3.8) is 0 Å². The van der Waals surface area contributed by atoms with Gasteiger partial charge in [-0.25, -0.2) is 13.1 Å². The number of aryl methyl sites for hydroxylation is 2. The molecule has 0 spiro atoms. The highest BCUT2D eigenvalue weighted by atomic mass is 32.2. The van der Waals surface area contributed by atoms with E-state index >= 15 is 0 Å². The van der Waals surface area contributed by atoms with Crippen molar-refractivity contribution >= 4 is 10.0 Å². The molecule has 2 atom stereocenters. The number of rotatable bonds is 3. The third kappa shape index (κ3) is 3.35. The first-order valence-electron chi connectivity index (χ1n) is 6.70. The van der Waals surface area contributed by atoms with Gasteiger partial charge in [-0.3, -0.25) is 0 Å². The van der Waals surface area contributed by atoms with Gasteiger partial charge in [0.25, 0.3) is 0 Å². The molecule has 106 valence electrons. The smallest absolute Gasteiger partial charge is 0.241 e. The zero-order valence-corrected chi connectivity index (χ0v) is 12.5. The zero-order chi connectivity index (χ0) is 14.0. The van der Waals surface area contributed by atoms with Crippen LogP contribution in [0.2, 0.25) is 0 Å². The van der Waals surface area contributed by atoms with Crippen LogP contribution < -0.4 is 10.0 Å². The van der Waals surface area contributed by atoms with E-state index in [1.165, 1.54) is 0 Å². The van der Waals surface area contributed by atoms with Crippen molar-refractivity contribution in [3.05, 3.63) is 29.3 Å². The van der Waals surface area contributed by atoms with E-state index in [-0.39, 0.29) is 6.04 Å². The Morgan fingerprint density at radius 2 is 2.05 bits per heavy atom.